The van der Waals surface area contributed by atoms with E-state index in [1.807, 2.05) is 0 Å². The van der Waals surface area contributed by atoms with Crippen LogP contribution < -0.4 is 36.5 Å². The number of ether oxygens (including phenoxy) is 2. The predicted octanol–water partition coefficient (Wildman–Crippen LogP) is 3.12. The minimum absolute atomic E-state index is 0.0361. The van der Waals surface area contributed by atoms with Crippen molar-refractivity contribution in [3.63, 3.8) is 0 Å². The van der Waals surface area contributed by atoms with Crippen LogP contribution >= 0.6 is 0 Å². The highest BCUT2D eigenvalue weighted by Crippen LogP contribution is 2.33. The zero-order valence-electron chi connectivity index (χ0n) is 37.9. The average Bonchev–Trinajstić information content (AvgIpc) is 3.86. The number of hydrogen-bond acceptors (Lipinski definition) is 13. The minimum Gasteiger partial charge on any atom is -0.494 e. The van der Waals surface area contributed by atoms with Gasteiger partial charge in [0.05, 0.1) is 79.7 Å². The van der Waals surface area contributed by atoms with Crippen LogP contribution in [0, 0.1) is 22.7 Å². The van der Waals surface area contributed by atoms with Crippen LogP contribution in [0.15, 0.2) is 60.9 Å². The van der Waals surface area contributed by atoms with Gasteiger partial charge in [0, 0.05) is 55.5 Å². The van der Waals surface area contributed by atoms with E-state index in [-0.39, 0.29) is 43.1 Å². The van der Waals surface area contributed by atoms with E-state index in [9.17, 15) is 56.9 Å². The molecule has 2 aliphatic heterocycles. The quantitative estimate of drug-likeness (QED) is 0.0560. The van der Waals surface area contributed by atoms with Crippen LogP contribution in [0.25, 0.3) is 21.8 Å². The molecule has 0 aliphatic carbocycles. The first-order valence-electron chi connectivity index (χ1n) is 22.5. The fourth-order valence-electron chi connectivity index (χ4n) is 7.83. The molecule has 2 aliphatic rings. The van der Waals surface area contributed by atoms with Crippen LogP contribution in [-0.2, 0) is 19.2 Å². The van der Waals surface area contributed by atoms with Gasteiger partial charge in [-0.15, -0.1) is 0 Å². The van der Waals surface area contributed by atoms with Crippen molar-refractivity contribution < 1.29 is 55.8 Å². The van der Waals surface area contributed by atoms with Crippen molar-refractivity contribution in [2.75, 3.05) is 52.5 Å². The van der Waals surface area contributed by atoms with Crippen LogP contribution in [0.3, 0.4) is 0 Å². The first-order valence-corrected chi connectivity index (χ1v) is 22.5. The minimum atomic E-state index is -3.18. The molecule has 4 heterocycles. The van der Waals surface area contributed by atoms with Crippen LogP contribution in [0.2, 0.25) is 0 Å². The van der Waals surface area contributed by atoms with Gasteiger partial charge in [0.25, 0.3) is 23.7 Å². The summed E-state index contributed by atoms with van der Waals surface area (Å²) in [7, 11) is 0. The Hall–Kier alpha value is -7.66. The molecule has 0 bridgehead atoms. The van der Waals surface area contributed by atoms with Gasteiger partial charge in [-0.3, -0.25) is 38.7 Å². The Morgan fingerprint density at radius 2 is 1.14 bits per heavy atom. The molecule has 0 saturated carbocycles. The number of rotatable bonds is 22. The third kappa shape index (κ3) is 14.0. The van der Waals surface area contributed by atoms with Gasteiger partial charge in [-0.1, -0.05) is 0 Å². The van der Waals surface area contributed by atoms with Gasteiger partial charge in [-0.2, -0.15) is 10.5 Å². The number of carbonyl (C=O) groups excluding carboxylic acids is 6. The summed E-state index contributed by atoms with van der Waals surface area (Å²) in [5.74, 6) is -9.03. The molecule has 6 amide bonds. The summed E-state index contributed by atoms with van der Waals surface area (Å²) in [6.45, 7) is -1.71. The summed E-state index contributed by atoms with van der Waals surface area (Å²) in [5.41, 5.74) is 7.34. The highest BCUT2D eigenvalue weighted by molar-refractivity contribution is 6.08. The topological polar surface area (TPSA) is 275 Å². The Labute approximate surface area is 399 Å². The fourth-order valence-corrected chi connectivity index (χ4v) is 7.83. The number of nitrogens with one attached hydrogen (secondary N) is 4. The Morgan fingerprint density at radius 3 is 1.60 bits per heavy atom. The third-order valence-electron chi connectivity index (χ3n) is 11.5. The second-order valence-electron chi connectivity index (χ2n) is 16.8. The van der Waals surface area contributed by atoms with Gasteiger partial charge in [-0.05, 0) is 80.6 Å². The average molecular weight is 974 g/mol. The van der Waals surface area contributed by atoms with Gasteiger partial charge >= 0.3 is 0 Å². The number of fused-ring (bicyclic) bond motifs is 2. The summed E-state index contributed by atoms with van der Waals surface area (Å²) in [6, 6.07) is 12.7. The third-order valence-corrected chi connectivity index (χ3v) is 11.5. The Kier molecular flexibility index (Phi) is 17.4. The lowest BCUT2D eigenvalue weighted by Gasteiger charge is -2.19. The number of alkyl halides is 4. The molecule has 2 saturated heterocycles. The monoisotopic (exact) mass is 973 g/mol. The zero-order chi connectivity index (χ0) is 50.4. The van der Waals surface area contributed by atoms with Crippen molar-refractivity contribution in [2.24, 2.45) is 5.73 Å². The summed E-state index contributed by atoms with van der Waals surface area (Å²) < 4.78 is 66.9. The zero-order valence-corrected chi connectivity index (χ0v) is 37.9. The number of carbonyl (C=O) groups is 6. The summed E-state index contributed by atoms with van der Waals surface area (Å²) >= 11 is 0. The Balaban J connectivity index is 0.824. The molecule has 6 rings (SSSR count). The van der Waals surface area contributed by atoms with Crippen LogP contribution in [0.1, 0.15) is 72.1 Å². The number of nitriles is 2. The predicted molar refractivity (Wildman–Crippen MR) is 242 cm³/mol. The lowest BCUT2D eigenvalue weighted by Crippen LogP contribution is -2.43. The largest absolute Gasteiger partial charge is 0.494 e. The number of halogens is 4. The number of likely N-dealkylation sites (tertiary alicyclic amines) is 2. The molecule has 0 radical (unpaired) electrons. The van der Waals surface area contributed by atoms with E-state index in [2.05, 4.69) is 31.2 Å². The number of nitrogens with two attached hydrogens (primary N) is 1. The second-order valence-corrected chi connectivity index (χ2v) is 16.8. The maximum atomic E-state index is 13.8. The van der Waals surface area contributed by atoms with Crippen LogP contribution in [0.4, 0.5) is 17.6 Å². The second kappa shape index (κ2) is 23.6. The lowest BCUT2D eigenvalue weighted by molar-refractivity contribution is -0.132. The first-order chi connectivity index (χ1) is 33.5. The summed E-state index contributed by atoms with van der Waals surface area (Å²) in [5, 5.41) is 29.6. The number of amides is 6. The molecule has 3 atom stereocenters. The van der Waals surface area contributed by atoms with E-state index in [0.717, 1.165) is 9.80 Å². The number of hydrogen-bond donors (Lipinski definition) is 5. The van der Waals surface area contributed by atoms with Crippen molar-refractivity contribution in [3.05, 3.63) is 72.1 Å². The standard InChI is InChI=1S/C47H51F4N11O8/c48-46(49)21-29(23-52)61(27-46)41(64)25-59-43(66)33-11-15-55-38-8-5-31(19-35(33)38)69-17-3-1-13-57-40(63)10-7-37(54)45(68)58-14-2-4-18-70-32-6-9-39-36(20-32)34(12-16-56-39)44(67)60-26-42(65)62-28-47(50,51)22-30(62)24-53/h5-6,8-9,11-12,15-16,19-20,29-30,37H,1-4,7,10,13-14,17-18,21-22,25-28,54H2,(H,57,63)(H,58,68)(H,59,66)(H,60,67)/t29-,30-,37-/m0/s1. The Morgan fingerprint density at radius 1 is 0.686 bits per heavy atom. The van der Waals surface area contributed by atoms with Crippen molar-refractivity contribution in [1.29, 1.82) is 10.5 Å². The van der Waals surface area contributed by atoms with E-state index >= 15 is 0 Å². The van der Waals surface area contributed by atoms with Crippen molar-refractivity contribution in [1.82, 2.24) is 41.0 Å². The maximum absolute atomic E-state index is 13.8. The van der Waals surface area contributed by atoms with Crippen LogP contribution in [0.5, 0.6) is 11.5 Å². The molecule has 0 unspecified atom stereocenters. The molecule has 23 heteroatoms. The summed E-state index contributed by atoms with van der Waals surface area (Å²) in [4.78, 5) is 86.2. The molecule has 2 aromatic carbocycles. The van der Waals surface area contributed by atoms with Gasteiger partial charge in [0.2, 0.25) is 23.6 Å². The van der Waals surface area contributed by atoms with E-state index in [4.69, 9.17) is 15.2 Å². The van der Waals surface area contributed by atoms with Gasteiger partial charge in [0.1, 0.15) is 23.6 Å². The molecule has 19 nitrogen and oxygen atoms in total. The molecular weight excluding hydrogens is 923 g/mol. The van der Waals surface area contributed by atoms with Crippen molar-refractivity contribution in [2.45, 2.75) is 81.3 Å². The molecule has 4 aromatic rings. The molecule has 0 spiro atoms. The fraction of sp³-hybridized carbons (Fsp3) is 0.447. The van der Waals surface area contributed by atoms with Gasteiger partial charge in [0.15, 0.2) is 0 Å². The molecule has 6 N–H and O–H groups in total. The van der Waals surface area contributed by atoms with E-state index in [1.165, 1.54) is 24.5 Å². The number of aromatic nitrogens is 2. The van der Waals surface area contributed by atoms with E-state index < -0.39 is 98.5 Å². The summed E-state index contributed by atoms with van der Waals surface area (Å²) in [6.07, 6.45) is 3.73. The van der Waals surface area contributed by atoms with E-state index in [1.54, 1.807) is 48.5 Å². The molecule has 2 fully saturated rings. The SMILES string of the molecule is N#C[C@@H]1CC(F)(F)CN1C(=O)CNC(=O)c1ccnc2ccc(OCCCCNC(=O)CC[C@H](N)C(=O)NCCCCOc3ccc4nccc(C(=O)NCC(=O)N5CC(F)(F)C[C@H]5C#N)c4c3)cc12. The number of pyridine rings is 2. The Bertz CT molecular complexity index is 2680. The highest BCUT2D eigenvalue weighted by Gasteiger charge is 2.48. The molecule has 70 heavy (non-hydrogen) atoms. The smallest absolute Gasteiger partial charge is 0.268 e. The molecule has 370 valence electrons. The van der Waals surface area contributed by atoms with Crippen molar-refractivity contribution in [3.8, 4) is 23.6 Å². The highest BCUT2D eigenvalue weighted by atomic mass is 19.3. The van der Waals surface area contributed by atoms with Gasteiger partial charge in [-0.25, -0.2) is 17.6 Å². The number of unbranched alkanes of at least 4 members (excludes halogenated alkanes) is 2. The number of nitrogens with zero attached hydrogens (tertiary/aromatic N) is 6. The number of benzene rings is 2. The van der Waals surface area contributed by atoms with Crippen molar-refractivity contribution >= 4 is 57.2 Å². The molecule has 2 aromatic heterocycles. The molecular formula is C47H51F4N11O8. The normalized spacial score (nSPS) is 17.2. The first kappa shape index (κ1) is 51.7. The van der Waals surface area contributed by atoms with Crippen LogP contribution in [-0.4, -0.2) is 138 Å². The van der Waals surface area contributed by atoms with Gasteiger partial charge < -0.3 is 46.3 Å². The lowest BCUT2D eigenvalue weighted by atomic mass is 10.1. The maximum Gasteiger partial charge on any atom is 0.268 e. The van der Waals surface area contributed by atoms with E-state index in [0.29, 0.717) is 72.1 Å².